The summed E-state index contributed by atoms with van der Waals surface area (Å²) in [6, 6.07) is 3.96. The van der Waals surface area contributed by atoms with Crippen molar-refractivity contribution in [3.8, 4) is 17.2 Å². The highest BCUT2D eigenvalue weighted by Gasteiger charge is 2.20. The monoisotopic (exact) mass is 331 g/mol. The number of nitrogens with zero attached hydrogens (tertiary/aromatic N) is 2. The Balaban J connectivity index is 1.75. The number of ether oxygens (including phenoxy) is 3. The zero-order valence-electron chi connectivity index (χ0n) is 14.8. The molecule has 0 bridgehead atoms. The van der Waals surface area contributed by atoms with E-state index in [0.29, 0.717) is 24.0 Å². The normalized spacial score (nSPS) is 12.7. The number of nitrogens with one attached hydrogen (secondary N) is 1. The number of aromatic nitrogens is 2. The van der Waals surface area contributed by atoms with Gasteiger partial charge in [0.2, 0.25) is 12.5 Å². The third kappa shape index (κ3) is 3.27. The summed E-state index contributed by atoms with van der Waals surface area (Å²) in [5, 5.41) is 8.00. The zero-order valence-corrected chi connectivity index (χ0v) is 14.8. The maximum Gasteiger partial charge on any atom is 0.231 e. The first kappa shape index (κ1) is 16.5. The average Bonchev–Trinajstić information content (AvgIpc) is 3.17. The highest BCUT2D eigenvalue weighted by atomic mass is 16.7. The van der Waals surface area contributed by atoms with Crippen LogP contribution < -0.4 is 19.5 Å². The van der Waals surface area contributed by atoms with Crippen molar-refractivity contribution in [1.82, 2.24) is 9.78 Å². The van der Waals surface area contributed by atoms with E-state index in [9.17, 15) is 0 Å². The average molecular weight is 331 g/mol. The van der Waals surface area contributed by atoms with Crippen LogP contribution in [0.3, 0.4) is 0 Å². The Hall–Kier alpha value is -2.37. The molecular weight excluding hydrogens is 306 g/mol. The Kier molecular flexibility index (Phi) is 4.83. The third-order valence-electron chi connectivity index (χ3n) is 4.02. The van der Waals surface area contributed by atoms with Gasteiger partial charge in [-0.3, -0.25) is 4.68 Å². The van der Waals surface area contributed by atoms with Crippen LogP contribution in [-0.2, 0) is 19.5 Å². The SMILES string of the molecule is CCc1c(NCc2cc(OC)c3c(c2)OCO3)cnn1CC(C)C. The Morgan fingerprint density at radius 1 is 1.33 bits per heavy atom. The molecule has 3 rings (SSSR count). The van der Waals surface area contributed by atoms with Gasteiger partial charge in [-0.15, -0.1) is 0 Å². The number of hydrogen-bond donors (Lipinski definition) is 1. The lowest BCUT2D eigenvalue weighted by atomic mass is 10.1. The summed E-state index contributed by atoms with van der Waals surface area (Å²) >= 11 is 0. The van der Waals surface area contributed by atoms with E-state index in [2.05, 4.69) is 35.9 Å². The first-order valence-electron chi connectivity index (χ1n) is 8.37. The predicted molar refractivity (Wildman–Crippen MR) is 92.9 cm³/mol. The van der Waals surface area contributed by atoms with Gasteiger partial charge in [0.1, 0.15) is 0 Å². The zero-order chi connectivity index (χ0) is 17.1. The van der Waals surface area contributed by atoms with Crippen molar-refractivity contribution in [3.63, 3.8) is 0 Å². The van der Waals surface area contributed by atoms with Crippen LogP contribution >= 0.6 is 0 Å². The summed E-state index contributed by atoms with van der Waals surface area (Å²) in [6.45, 7) is 8.41. The van der Waals surface area contributed by atoms with E-state index in [1.54, 1.807) is 7.11 Å². The number of fused-ring (bicyclic) bond motifs is 1. The van der Waals surface area contributed by atoms with E-state index in [0.717, 1.165) is 30.0 Å². The molecule has 0 saturated heterocycles. The summed E-state index contributed by atoms with van der Waals surface area (Å²) in [5.41, 5.74) is 3.39. The van der Waals surface area contributed by atoms with Gasteiger partial charge < -0.3 is 19.5 Å². The molecule has 2 heterocycles. The highest BCUT2D eigenvalue weighted by molar-refractivity contribution is 5.56. The molecular formula is C18H25N3O3. The number of benzene rings is 1. The Labute approximate surface area is 142 Å². The molecule has 0 atom stereocenters. The highest BCUT2D eigenvalue weighted by Crippen LogP contribution is 2.41. The first-order chi connectivity index (χ1) is 11.6. The lowest BCUT2D eigenvalue weighted by Gasteiger charge is -2.12. The predicted octanol–water partition coefficient (Wildman–Crippen LogP) is 3.45. The van der Waals surface area contributed by atoms with Crippen LogP contribution in [0.15, 0.2) is 18.3 Å². The summed E-state index contributed by atoms with van der Waals surface area (Å²) in [4.78, 5) is 0. The molecule has 6 nitrogen and oxygen atoms in total. The molecule has 130 valence electrons. The molecule has 6 heteroatoms. The van der Waals surface area contributed by atoms with Crippen LogP contribution in [0, 0.1) is 5.92 Å². The molecule has 0 spiro atoms. The van der Waals surface area contributed by atoms with Gasteiger partial charge >= 0.3 is 0 Å². The number of methoxy groups -OCH3 is 1. The van der Waals surface area contributed by atoms with Gasteiger partial charge in [0.05, 0.1) is 24.7 Å². The Bertz CT molecular complexity index is 710. The van der Waals surface area contributed by atoms with Crippen molar-refractivity contribution < 1.29 is 14.2 Å². The van der Waals surface area contributed by atoms with E-state index in [1.165, 1.54) is 5.69 Å². The van der Waals surface area contributed by atoms with Crippen molar-refractivity contribution in [2.45, 2.75) is 40.3 Å². The molecule has 1 aliphatic heterocycles. The van der Waals surface area contributed by atoms with Gasteiger partial charge in [-0.25, -0.2) is 0 Å². The van der Waals surface area contributed by atoms with Gasteiger partial charge in [0, 0.05) is 13.1 Å². The van der Waals surface area contributed by atoms with Crippen molar-refractivity contribution in [3.05, 3.63) is 29.6 Å². The van der Waals surface area contributed by atoms with Gasteiger partial charge in [-0.05, 0) is 30.0 Å². The van der Waals surface area contributed by atoms with Crippen LogP contribution in [-0.4, -0.2) is 23.7 Å². The van der Waals surface area contributed by atoms with Gasteiger partial charge in [0.15, 0.2) is 11.5 Å². The van der Waals surface area contributed by atoms with Crippen LogP contribution in [0.1, 0.15) is 32.0 Å². The van der Waals surface area contributed by atoms with Crippen LogP contribution in [0.5, 0.6) is 17.2 Å². The second kappa shape index (κ2) is 7.03. The lowest BCUT2D eigenvalue weighted by Crippen LogP contribution is -2.10. The van der Waals surface area contributed by atoms with Crippen molar-refractivity contribution in [2.24, 2.45) is 5.92 Å². The summed E-state index contributed by atoms with van der Waals surface area (Å²) in [5.74, 6) is 2.69. The molecule has 0 amide bonds. The minimum Gasteiger partial charge on any atom is -0.493 e. The summed E-state index contributed by atoms with van der Waals surface area (Å²) in [7, 11) is 1.64. The van der Waals surface area contributed by atoms with Crippen LogP contribution in [0.25, 0.3) is 0 Å². The standard InChI is InChI=1S/C18H25N3O3/c1-5-15-14(9-20-21(15)10-12(2)3)19-8-13-6-16(22-4)18-17(7-13)23-11-24-18/h6-7,9,12,19H,5,8,10-11H2,1-4H3. The molecule has 24 heavy (non-hydrogen) atoms. The quantitative estimate of drug-likeness (QED) is 0.842. The molecule has 1 aromatic heterocycles. The Morgan fingerprint density at radius 2 is 2.17 bits per heavy atom. The molecule has 0 saturated carbocycles. The van der Waals surface area contributed by atoms with Crippen molar-refractivity contribution in [2.75, 3.05) is 19.2 Å². The van der Waals surface area contributed by atoms with Crippen molar-refractivity contribution in [1.29, 1.82) is 0 Å². The smallest absolute Gasteiger partial charge is 0.231 e. The second-order valence-corrected chi connectivity index (χ2v) is 6.32. The third-order valence-corrected chi connectivity index (χ3v) is 4.02. The van der Waals surface area contributed by atoms with Gasteiger partial charge in [-0.2, -0.15) is 5.10 Å². The lowest BCUT2D eigenvalue weighted by molar-refractivity contribution is 0.171. The summed E-state index contributed by atoms with van der Waals surface area (Å²) < 4.78 is 18.4. The number of rotatable bonds is 7. The fourth-order valence-corrected chi connectivity index (χ4v) is 2.92. The van der Waals surface area contributed by atoms with E-state index in [4.69, 9.17) is 14.2 Å². The van der Waals surface area contributed by atoms with E-state index in [1.807, 2.05) is 18.3 Å². The molecule has 0 unspecified atom stereocenters. The topological polar surface area (TPSA) is 57.5 Å². The maximum absolute atomic E-state index is 5.48. The molecule has 1 aromatic carbocycles. The van der Waals surface area contributed by atoms with Crippen LogP contribution in [0.2, 0.25) is 0 Å². The second-order valence-electron chi connectivity index (χ2n) is 6.32. The number of hydrogen-bond acceptors (Lipinski definition) is 5. The molecule has 0 radical (unpaired) electrons. The van der Waals surface area contributed by atoms with E-state index >= 15 is 0 Å². The molecule has 2 aromatic rings. The summed E-state index contributed by atoms with van der Waals surface area (Å²) in [6.07, 6.45) is 2.85. The molecule has 1 aliphatic rings. The van der Waals surface area contributed by atoms with E-state index in [-0.39, 0.29) is 6.79 Å². The molecule has 0 fully saturated rings. The first-order valence-corrected chi connectivity index (χ1v) is 8.37. The minimum atomic E-state index is 0.241. The fourth-order valence-electron chi connectivity index (χ4n) is 2.92. The fraction of sp³-hybridized carbons (Fsp3) is 0.500. The van der Waals surface area contributed by atoms with Crippen molar-refractivity contribution >= 4 is 5.69 Å². The minimum absolute atomic E-state index is 0.241. The Morgan fingerprint density at radius 3 is 2.88 bits per heavy atom. The largest absolute Gasteiger partial charge is 0.493 e. The van der Waals surface area contributed by atoms with Gasteiger partial charge in [0.25, 0.3) is 0 Å². The van der Waals surface area contributed by atoms with Gasteiger partial charge in [-0.1, -0.05) is 20.8 Å². The van der Waals surface area contributed by atoms with Crippen LogP contribution in [0.4, 0.5) is 5.69 Å². The number of anilines is 1. The maximum atomic E-state index is 5.48. The molecule has 1 N–H and O–H groups in total. The van der Waals surface area contributed by atoms with E-state index < -0.39 is 0 Å². The molecule has 0 aliphatic carbocycles.